The Hall–Kier alpha value is -0.280. The Morgan fingerprint density at radius 2 is 2.18 bits per heavy atom. The molecule has 2 saturated heterocycles. The normalized spacial score (nSPS) is 27.6. The van der Waals surface area contributed by atoms with E-state index in [2.05, 4.69) is 24.1 Å². The molecule has 0 bridgehead atoms. The summed E-state index contributed by atoms with van der Waals surface area (Å²) in [7, 11) is 0. The van der Waals surface area contributed by atoms with E-state index >= 15 is 0 Å². The summed E-state index contributed by atoms with van der Waals surface area (Å²) in [6.45, 7) is 7.53. The highest BCUT2D eigenvalue weighted by Gasteiger charge is 2.30. The van der Waals surface area contributed by atoms with Gasteiger partial charge < -0.3 is 10.2 Å². The quantitative estimate of drug-likeness (QED) is 0.826. The number of carbonyl (C=O) groups is 1. The van der Waals surface area contributed by atoms with E-state index in [4.69, 9.17) is 0 Å². The molecule has 2 aliphatic heterocycles. The van der Waals surface area contributed by atoms with Gasteiger partial charge in [0.05, 0.1) is 0 Å². The topological polar surface area (TPSA) is 32.3 Å². The number of halogens is 1. The van der Waals surface area contributed by atoms with Gasteiger partial charge in [0.25, 0.3) is 0 Å². The van der Waals surface area contributed by atoms with Gasteiger partial charge in [-0.05, 0) is 37.6 Å². The summed E-state index contributed by atoms with van der Waals surface area (Å²) in [6, 6.07) is 0.442. The van der Waals surface area contributed by atoms with Crippen molar-refractivity contribution in [3.63, 3.8) is 0 Å². The number of amides is 1. The molecule has 17 heavy (non-hydrogen) atoms. The van der Waals surface area contributed by atoms with Gasteiger partial charge in [0.1, 0.15) is 0 Å². The lowest BCUT2D eigenvalue weighted by Gasteiger charge is -2.38. The van der Waals surface area contributed by atoms with Crippen LogP contribution in [-0.4, -0.2) is 36.5 Å². The number of hydrogen-bond acceptors (Lipinski definition) is 2. The minimum absolute atomic E-state index is 0. The van der Waals surface area contributed by atoms with Gasteiger partial charge in [-0.1, -0.05) is 13.8 Å². The van der Waals surface area contributed by atoms with Gasteiger partial charge in [0.15, 0.2) is 0 Å². The predicted molar refractivity (Wildman–Crippen MR) is 72.5 cm³/mol. The largest absolute Gasteiger partial charge is 0.342 e. The molecule has 100 valence electrons. The fourth-order valence-electron chi connectivity index (χ4n) is 2.91. The van der Waals surface area contributed by atoms with Gasteiger partial charge in [-0.25, -0.2) is 0 Å². The van der Waals surface area contributed by atoms with E-state index in [1.54, 1.807) is 0 Å². The molecule has 3 nitrogen and oxygen atoms in total. The van der Waals surface area contributed by atoms with Crippen LogP contribution in [0, 0.1) is 5.41 Å². The van der Waals surface area contributed by atoms with Crippen LogP contribution >= 0.6 is 12.4 Å². The highest BCUT2D eigenvalue weighted by Crippen LogP contribution is 2.28. The Kier molecular flexibility index (Phi) is 5.26. The summed E-state index contributed by atoms with van der Waals surface area (Å²) in [5, 5.41) is 3.40. The van der Waals surface area contributed by atoms with Crippen LogP contribution in [0.2, 0.25) is 0 Å². The summed E-state index contributed by atoms with van der Waals surface area (Å²) in [5.41, 5.74) is 0.316. The molecule has 0 spiro atoms. The van der Waals surface area contributed by atoms with Crippen molar-refractivity contribution in [2.45, 2.75) is 52.0 Å². The minimum atomic E-state index is 0. The molecule has 4 heteroatoms. The fourth-order valence-corrected chi connectivity index (χ4v) is 2.91. The maximum absolute atomic E-state index is 12.1. The molecule has 2 aliphatic rings. The van der Waals surface area contributed by atoms with Gasteiger partial charge in [-0.2, -0.15) is 0 Å². The molecule has 0 aliphatic carbocycles. The molecular formula is C13H25ClN2O. The summed E-state index contributed by atoms with van der Waals surface area (Å²) in [4.78, 5) is 14.2. The Labute approximate surface area is 111 Å². The standard InChI is InChI=1S/C13H24N2O.ClH/c1-13(2)6-4-8-15(10-13)12(16)9-11-5-3-7-14-11;/h11,14H,3-10H2,1-2H3;1H. The third kappa shape index (κ3) is 4.14. The summed E-state index contributed by atoms with van der Waals surface area (Å²) >= 11 is 0. The average molecular weight is 261 g/mol. The van der Waals surface area contributed by atoms with Gasteiger partial charge in [0.2, 0.25) is 5.91 Å². The molecule has 1 atom stereocenters. The fraction of sp³-hybridized carbons (Fsp3) is 0.923. The van der Waals surface area contributed by atoms with Crippen LogP contribution in [0.5, 0.6) is 0 Å². The number of hydrogen-bond donors (Lipinski definition) is 1. The molecule has 0 aromatic carbocycles. The van der Waals surface area contributed by atoms with Crippen molar-refractivity contribution in [3.05, 3.63) is 0 Å². The molecule has 0 radical (unpaired) electrons. The van der Waals surface area contributed by atoms with E-state index in [1.807, 2.05) is 0 Å². The third-order valence-corrected chi connectivity index (χ3v) is 3.84. The van der Waals surface area contributed by atoms with Crippen molar-refractivity contribution in [2.75, 3.05) is 19.6 Å². The first-order valence-corrected chi connectivity index (χ1v) is 6.58. The predicted octanol–water partition coefficient (Wildman–Crippen LogP) is 2.20. The zero-order valence-corrected chi connectivity index (χ0v) is 11.8. The molecule has 1 unspecified atom stereocenters. The van der Waals surface area contributed by atoms with Crippen molar-refractivity contribution in [1.82, 2.24) is 10.2 Å². The molecule has 2 heterocycles. The van der Waals surface area contributed by atoms with Crippen LogP contribution in [0.1, 0.15) is 46.0 Å². The van der Waals surface area contributed by atoms with Gasteiger partial charge in [-0.3, -0.25) is 4.79 Å². The zero-order chi connectivity index (χ0) is 11.6. The molecule has 2 fully saturated rings. The molecule has 2 rings (SSSR count). The summed E-state index contributed by atoms with van der Waals surface area (Å²) in [5.74, 6) is 0.354. The van der Waals surface area contributed by atoms with E-state index in [1.165, 1.54) is 19.3 Å². The third-order valence-electron chi connectivity index (χ3n) is 3.84. The Morgan fingerprint density at radius 3 is 2.76 bits per heavy atom. The molecule has 0 aromatic heterocycles. The van der Waals surface area contributed by atoms with Gasteiger partial charge >= 0.3 is 0 Å². The van der Waals surface area contributed by atoms with E-state index in [0.717, 1.165) is 26.1 Å². The van der Waals surface area contributed by atoms with Crippen molar-refractivity contribution >= 4 is 18.3 Å². The smallest absolute Gasteiger partial charge is 0.224 e. The number of nitrogens with one attached hydrogen (secondary N) is 1. The Balaban J connectivity index is 0.00000144. The maximum atomic E-state index is 12.1. The average Bonchev–Trinajstić information content (AvgIpc) is 2.69. The number of rotatable bonds is 2. The van der Waals surface area contributed by atoms with Crippen LogP contribution in [0.25, 0.3) is 0 Å². The van der Waals surface area contributed by atoms with E-state index in [9.17, 15) is 4.79 Å². The van der Waals surface area contributed by atoms with Crippen molar-refractivity contribution in [2.24, 2.45) is 5.41 Å². The number of likely N-dealkylation sites (tertiary alicyclic amines) is 1. The lowest BCUT2D eigenvalue weighted by molar-refractivity contribution is -0.134. The first kappa shape index (κ1) is 14.8. The summed E-state index contributed by atoms with van der Waals surface area (Å²) < 4.78 is 0. The zero-order valence-electron chi connectivity index (χ0n) is 11.0. The van der Waals surface area contributed by atoms with Crippen LogP contribution < -0.4 is 5.32 Å². The van der Waals surface area contributed by atoms with Gasteiger partial charge in [-0.15, -0.1) is 12.4 Å². The highest BCUT2D eigenvalue weighted by molar-refractivity contribution is 5.85. The molecule has 1 N–H and O–H groups in total. The molecular weight excluding hydrogens is 236 g/mol. The van der Waals surface area contributed by atoms with Crippen LogP contribution in [0.3, 0.4) is 0 Å². The van der Waals surface area contributed by atoms with E-state index in [-0.39, 0.29) is 12.4 Å². The lowest BCUT2D eigenvalue weighted by atomic mass is 9.84. The first-order valence-electron chi connectivity index (χ1n) is 6.58. The molecule has 0 aromatic rings. The van der Waals surface area contributed by atoms with Crippen LogP contribution in [-0.2, 0) is 4.79 Å². The van der Waals surface area contributed by atoms with Crippen LogP contribution in [0.4, 0.5) is 0 Å². The Morgan fingerprint density at radius 1 is 1.41 bits per heavy atom. The van der Waals surface area contributed by atoms with Crippen molar-refractivity contribution in [3.8, 4) is 0 Å². The SMILES string of the molecule is CC1(C)CCCN(C(=O)CC2CCCN2)C1.Cl. The second-order valence-corrected chi connectivity index (χ2v) is 6.08. The van der Waals surface area contributed by atoms with Crippen molar-refractivity contribution < 1.29 is 4.79 Å². The second-order valence-electron chi connectivity index (χ2n) is 6.08. The summed E-state index contributed by atoms with van der Waals surface area (Å²) in [6.07, 6.45) is 5.51. The highest BCUT2D eigenvalue weighted by atomic mass is 35.5. The lowest BCUT2D eigenvalue weighted by Crippen LogP contribution is -2.45. The number of piperidine rings is 1. The maximum Gasteiger partial charge on any atom is 0.224 e. The minimum Gasteiger partial charge on any atom is -0.342 e. The first-order chi connectivity index (χ1) is 7.57. The second kappa shape index (κ2) is 6.05. The number of nitrogens with zero attached hydrogens (tertiary/aromatic N) is 1. The van der Waals surface area contributed by atoms with Gasteiger partial charge in [0, 0.05) is 25.6 Å². The number of carbonyl (C=O) groups excluding carboxylic acids is 1. The van der Waals surface area contributed by atoms with Crippen LogP contribution in [0.15, 0.2) is 0 Å². The molecule has 0 saturated carbocycles. The monoisotopic (exact) mass is 260 g/mol. The van der Waals surface area contributed by atoms with E-state index < -0.39 is 0 Å². The van der Waals surface area contributed by atoms with E-state index in [0.29, 0.717) is 23.8 Å². The van der Waals surface area contributed by atoms with Crippen molar-refractivity contribution in [1.29, 1.82) is 0 Å². The molecule has 1 amide bonds. The Bertz CT molecular complexity index is 262.